The second-order valence-corrected chi connectivity index (χ2v) is 7.41. The Labute approximate surface area is 189 Å². The van der Waals surface area contributed by atoms with Crippen LogP contribution in [0.4, 0.5) is 5.69 Å². The molecule has 32 heavy (non-hydrogen) atoms. The molecule has 2 unspecified atom stereocenters. The second kappa shape index (κ2) is 11.0. The lowest BCUT2D eigenvalue weighted by atomic mass is 9.78. The Kier molecular flexibility index (Phi) is 7.91. The summed E-state index contributed by atoms with van der Waals surface area (Å²) >= 11 is 0. The van der Waals surface area contributed by atoms with E-state index in [1.54, 1.807) is 0 Å². The van der Waals surface area contributed by atoms with Crippen molar-refractivity contribution in [3.63, 3.8) is 0 Å². The van der Waals surface area contributed by atoms with Crippen LogP contribution in [0.25, 0.3) is 0 Å². The number of hydrogen-bond acceptors (Lipinski definition) is 4. The molecule has 0 aromatic heterocycles. The Balaban J connectivity index is 2.15. The monoisotopic (exact) mass is 428 g/mol. The highest BCUT2D eigenvalue weighted by Gasteiger charge is 2.48. The van der Waals surface area contributed by atoms with Gasteiger partial charge in [-0.1, -0.05) is 73.5 Å². The Morgan fingerprint density at radius 3 is 2.22 bits per heavy atom. The number of aliphatic carboxylic acids is 1. The van der Waals surface area contributed by atoms with Crippen molar-refractivity contribution in [1.29, 1.82) is 0 Å². The van der Waals surface area contributed by atoms with E-state index in [0.29, 0.717) is 17.9 Å². The lowest BCUT2D eigenvalue weighted by molar-refractivity contribution is -0.146. The summed E-state index contributed by atoms with van der Waals surface area (Å²) in [6.45, 7) is 2.73. The molecule has 0 heterocycles. The van der Waals surface area contributed by atoms with Crippen molar-refractivity contribution in [3.8, 4) is 18.1 Å². The van der Waals surface area contributed by atoms with Gasteiger partial charge >= 0.3 is 5.97 Å². The largest absolute Gasteiger partial charge is 0.481 e. The average molecular weight is 429 g/mol. The molecular formula is C27H28N2O3. The molecule has 0 bridgehead atoms. The first-order valence-corrected chi connectivity index (χ1v) is 10.6. The molecule has 164 valence electrons. The molecule has 0 saturated heterocycles. The van der Waals surface area contributed by atoms with Crippen molar-refractivity contribution in [2.24, 2.45) is 0 Å². The van der Waals surface area contributed by atoms with Crippen LogP contribution in [0.15, 0.2) is 84.9 Å². The molecular weight excluding hydrogens is 400 g/mol. The first-order valence-electron chi connectivity index (χ1n) is 10.6. The summed E-state index contributed by atoms with van der Waals surface area (Å²) < 4.78 is 5.50. The van der Waals surface area contributed by atoms with E-state index in [4.69, 9.17) is 11.2 Å². The van der Waals surface area contributed by atoms with Gasteiger partial charge in [-0.05, 0) is 48.4 Å². The Hall–Kier alpha value is -3.75. The van der Waals surface area contributed by atoms with Crippen LogP contribution in [0.3, 0.4) is 0 Å². The van der Waals surface area contributed by atoms with Crippen LogP contribution >= 0.6 is 0 Å². The van der Waals surface area contributed by atoms with Crippen molar-refractivity contribution >= 4 is 11.7 Å². The molecule has 3 rings (SSSR count). The summed E-state index contributed by atoms with van der Waals surface area (Å²) in [5.41, 5.74) is 0.887. The van der Waals surface area contributed by atoms with Gasteiger partial charge in [0.05, 0.1) is 6.04 Å². The zero-order valence-corrected chi connectivity index (χ0v) is 18.1. The molecule has 0 spiro atoms. The lowest BCUT2D eigenvalue weighted by Gasteiger charge is -2.40. The van der Waals surface area contributed by atoms with Crippen molar-refractivity contribution in [3.05, 3.63) is 96.1 Å². The first-order chi connectivity index (χ1) is 15.6. The third-order valence-electron chi connectivity index (χ3n) is 5.27. The van der Waals surface area contributed by atoms with Crippen molar-refractivity contribution in [2.75, 3.05) is 18.5 Å². The van der Waals surface area contributed by atoms with Crippen LogP contribution in [0.2, 0.25) is 0 Å². The minimum atomic E-state index is -1.41. The second-order valence-electron chi connectivity index (χ2n) is 7.41. The fourth-order valence-corrected chi connectivity index (χ4v) is 3.74. The smallest absolute Gasteiger partial charge is 0.331 e. The Morgan fingerprint density at radius 1 is 1.03 bits per heavy atom. The number of nitrogens with one attached hydrogen (secondary N) is 2. The summed E-state index contributed by atoms with van der Waals surface area (Å²) in [5.74, 6) is 2.12. The van der Waals surface area contributed by atoms with Gasteiger partial charge in [-0.15, -0.1) is 6.42 Å². The molecule has 0 aliphatic heterocycles. The van der Waals surface area contributed by atoms with E-state index in [0.717, 1.165) is 17.7 Å². The SMILES string of the molecule is C#CCOc1ccc(C(Nc2ccccc2)C(NCCC)(C(=O)O)c2ccccc2)cc1. The average Bonchev–Trinajstić information content (AvgIpc) is 2.84. The van der Waals surface area contributed by atoms with Gasteiger partial charge in [-0.3, -0.25) is 5.32 Å². The van der Waals surface area contributed by atoms with E-state index >= 15 is 0 Å². The maximum atomic E-state index is 13.0. The van der Waals surface area contributed by atoms with Crippen LogP contribution in [0.5, 0.6) is 5.75 Å². The van der Waals surface area contributed by atoms with E-state index in [1.807, 2.05) is 91.9 Å². The maximum absolute atomic E-state index is 13.0. The first kappa shape index (κ1) is 22.9. The summed E-state index contributed by atoms with van der Waals surface area (Å²) in [5, 5.41) is 17.5. The summed E-state index contributed by atoms with van der Waals surface area (Å²) in [4.78, 5) is 13.0. The zero-order chi connectivity index (χ0) is 22.8. The molecule has 0 aliphatic carbocycles. The van der Waals surface area contributed by atoms with Crippen molar-refractivity contribution in [1.82, 2.24) is 5.32 Å². The molecule has 5 heteroatoms. The summed E-state index contributed by atoms with van der Waals surface area (Å²) in [7, 11) is 0. The number of ether oxygens (including phenoxy) is 1. The minimum absolute atomic E-state index is 0.173. The van der Waals surface area contributed by atoms with Gasteiger partial charge in [0.15, 0.2) is 5.54 Å². The number of terminal acetylenes is 1. The van der Waals surface area contributed by atoms with E-state index < -0.39 is 17.6 Å². The normalized spacial score (nSPS) is 13.4. The standard InChI is InChI=1S/C27H28N2O3/c1-3-19-28-27(26(30)31,22-11-7-5-8-12-22)25(29-23-13-9-6-10-14-23)21-15-17-24(18-16-21)32-20-4-2/h2,5-18,25,28-29H,3,19-20H2,1H3,(H,30,31). The van der Waals surface area contributed by atoms with Crippen molar-refractivity contribution < 1.29 is 14.6 Å². The van der Waals surface area contributed by atoms with Crippen LogP contribution in [0, 0.1) is 12.3 Å². The highest BCUT2D eigenvalue weighted by atomic mass is 16.5. The van der Waals surface area contributed by atoms with E-state index in [2.05, 4.69) is 16.6 Å². The molecule has 3 aromatic rings. The highest BCUT2D eigenvalue weighted by molar-refractivity contribution is 5.83. The van der Waals surface area contributed by atoms with Crippen LogP contribution in [0.1, 0.15) is 30.5 Å². The van der Waals surface area contributed by atoms with Crippen LogP contribution < -0.4 is 15.4 Å². The van der Waals surface area contributed by atoms with Gasteiger partial charge in [0, 0.05) is 5.69 Å². The number of benzene rings is 3. The third kappa shape index (κ3) is 5.11. The molecule has 5 nitrogen and oxygen atoms in total. The van der Waals surface area contributed by atoms with Crippen LogP contribution in [-0.2, 0) is 10.3 Å². The minimum Gasteiger partial charge on any atom is -0.481 e. The Bertz CT molecular complexity index is 1030. The fourth-order valence-electron chi connectivity index (χ4n) is 3.74. The quantitative estimate of drug-likeness (QED) is 0.382. The molecule has 0 fully saturated rings. The molecule has 3 aromatic carbocycles. The summed E-state index contributed by atoms with van der Waals surface area (Å²) in [6.07, 6.45) is 6.07. The molecule has 0 aliphatic rings. The van der Waals surface area contributed by atoms with Gasteiger partial charge in [0.2, 0.25) is 0 Å². The van der Waals surface area contributed by atoms with Crippen molar-refractivity contribution in [2.45, 2.75) is 24.9 Å². The number of carboxylic acid groups (broad SMARTS) is 1. The number of anilines is 1. The van der Waals surface area contributed by atoms with Crippen LogP contribution in [-0.4, -0.2) is 24.2 Å². The maximum Gasteiger partial charge on any atom is 0.331 e. The topological polar surface area (TPSA) is 70.6 Å². The Morgan fingerprint density at radius 2 is 1.66 bits per heavy atom. The molecule has 0 saturated carbocycles. The third-order valence-corrected chi connectivity index (χ3v) is 5.27. The molecule has 0 amide bonds. The molecule has 3 N–H and O–H groups in total. The van der Waals surface area contributed by atoms with E-state index in [-0.39, 0.29) is 6.61 Å². The number of hydrogen-bond donors (Lipinski definition) is 3. The fraction of sp³-hybridized carbons (Fsp3) is 0.222. The van der Waals surface area contributed by atoms with Gasteiger partial charge < -0.3 is 15.2 Å². The van der Waals surface area contributed by atoms with E-state index in [1.165, 1.54) is 0 Å². The highest BCUT2D eigenvalue weighted by Crippen LogP contribution is 2.39. The van der Waals surface area contributed by atoms with Gasteiger partial charge in [-0.25, -0.2) is 4.79 Å². The zero-order valence-electron chi connectivity index (χ0n) is 18.1. The predicted molar refractivity (Wildman–Crippen MR) is 128 cm³/mol. The number of carboxylic acids is 1. The summed E-state index contributed by atoms with van der Waals surface area (Å²) in [6, 6.07) is 25.7. The number of para-hydroxylation sites is 1. The number of rotatable bonds is 11. The predicted octanol–water partition coefficient (Wildman–Crippen LogP) is 4.83. The lowest BCUT2D eigenvalue weighted by Crippen LogP contribution is -2.56. The van der Waals surface area contributed by atoms with Gasteiger partial charge in [0.1, 0.15) is 12.4 Å². The van der Waals surface area contributed by atoms with Gasteiger partial charge in [0.25, 0.3) is 0 Å². The van der Waals surface area contributed by atoms with Gasteiger partial charge in [-0.2, -0.15) is 0 Å². The number of carbonyl (C=O) groups is 1. The molecule has 2 atom stereocenters. The molecule has 0 radical (unpaired) electrons. The van der Waals surface area contributed by atoms with E-state index in [9.17, 15) is 9.90 Å².